The Balaban J connectivity index is 1.63. The molecule has 1 aromatic carbocycles. The van der Waals surface area contributed by atoms with E-state index in [0.717, 1.165) is 36.2 Å². The summed E-state index contributed by atoms with van der Waals surface area (Å²) in [7, 11) is -1.12. The molecule has 2 heterocycles. The van der Waals surface area contributed by atoms with Crippen LogP contribution in [0, 0.1) is 17.3 Å². The summed E-state index contributed by atoms with van der Waals surface area (Å²) in [6.07, 6.45) is -1.71. The number of imidazole rings is 1. The lowest BCUT2D eigenvalue weighted by Gasteiger charge is -2.25. The molecule has 2 aliphatic carbocycles. The van der Waals surface area contributed by atoms with Crippen LogP contribution in [0.1, 0.15) is 57.9 Å². The summed E-state index contributed by atoms with van der Waals surface area (Å²) in [5.74, 6) is 1.60. The monoisotopic (exact) mass is 717 g/mol. The van der Waals surface area contributed by atoms with Gasteiger partial charge in [-0.1, -0.05) is 53.1 Å². The molecule has 0 saturated heterocycles. The Morgan fingerprint density at radius 2 is 1.67 bits per heavy atom. The molecular formula is C36H57F2N5O4Si2. The van der Waals surface area contributed by atoms with Gasteiger partial charge in [-0.25, -0.2) is 23.2 Å². The molecular weight excluding hydrogens is 661 g/mol. The van der Waals surface area contributed by atoms with Crippen molar-refractivity contribution < 1.29 is 27.8 Å². The summed E-state index contributed by atoms with van der Waals surface area (Å²) in [4.78, 5) is 19.3. The van der Waals surface area contributed by atoms with Crippen LogP contribution in [0.25, 0.3) is 22.6 Å². The van der Waals surface area contributed by atoms with Gasteiger partial charge in [0.2, 0.25) is 0 Å². The number of carbonyl (C=O) groups is 1. The van der Waals surface area contributed by atoms with E-state index < -0.39 is 34.3 Å². The second kappa shape index (κ2) is 13.5. The fourth-order valence-corrected chi connectivity index (χ4v) is 8.34. The van der Waals surface area contributed by atoms with Crippen molar-refractivity contribution >= 4 is 39.0 Å². The minimum Gasteiger partial charge on any atom is -0.443 e. The zero-order chi connectivity index (χ0) is 36.3. The lowest BCUT2D eigenvalue weighted by Crippen LogP contribution is -2.34. The van der Waals surface area contributed by atoms with Crippen molar-refractivity contribution in [2.24, 2.45) is 17.3 Å². The highest BCUT2D eigenvalue weighted by Gasteiger charge is 2.61. The van der Waals surface area contributed by atoms with Crippen molar-refractivity contribution in [1.82, 2.24) is 19.3 Å². The van der Waals surface area contributed by atoms with E-state index in [1.54, 1.807) is 26.8 Å². The number of anilines is 1. The maximum absolute atomic E-state index is 14.8. The fourth-order valence-electron chi connectivity index (χ4n) is 6.83. The normalized spacial score (nSPS) is 20.9. The highest BCUT2D eigenvalue weighted by atomic mass is 28.3. The predicted molar refractivity (Wildman–Crippen MR) is 197 cm³/mol. The number of halogens is 2. The number of amides is 1. The summed E-state index contributed by atoms with van der Waals surface area (Å²) >= 11 is 0. The SMILES string of the molecule is C[C@H]1[C@H]2Cc3c(-c4nc5c(C(F)F)cc(N(C)C(=O)OC(C)(C)C)cc5n4COCC[Si](C)(C)C)nn(COCC[Si](C)(C)C)c3C[C@]21C. The summed E-state index contributed by atoms with van der Waals surface area (Å²) in [6, 6.07) is 5.08. The minimum atomic E-state index is -2.82. The maximum atomic E-state index is 14.8. The van der Waals surface area contributed by atoms with Gasteiger partial charge in [0.05, 0.1) is 11.0 Å². The van der Waals surface area contributed by atoms with Crippen LogP contribution >= 0.6 is 0 Å². The van der Waals surface area contributed by atoms with Gasteiger partial charge in [-0.2, -0.15) is 5.10 Å². The molecule has 0 unspecified atom stereocenters. The van der Waals surface area contributed by atoms with Crippen molar-refractivity contribution in [2.75, 3.05) is 25.2 Å². The molecule has 0 aliphatic heterocycles. The largest absolute Gasteiger partial charge is 0.443 e. The third kappa shape index (κ3) is 8.31. The van der Waals surface area contributed by atoms with Gasteiger partial charge in [0.1, 0.15) is 24.8 Å². The predicted octanol–water partition coefficient (Wildman–Crippen LogP) is 9.20. The van der Waals surface area contributed by atoms with E-state index in [0.29, 0.717) is 48.8 Å². The van der Waals surface area contributed by atoms with Gasteiger partial charge < -0.3 is 14.2 Å². The molecule has 0 bridgehead atoms. The molecule has 49 heavy (non-hydrogen) atoms. The topological polar surface area (TPSA) is 83.6 Å². The number of hydrogen-bond acceptors (Lipinski definition) is 6. The molecule has 2 aliphatic rings. The number of hydrogen-bond donors (Lipinski definition) is 0. The fraction of sp³-hybridized carbons (Fsp3) is 0.694. The first kappa shape index (κ1) is 37.6. The molecule has 3 atom stereocenters. The van der Waals surface area contributed by atoms with E-state index in [1.165, 1.54) is 18.0 Å². The summed E-state index contributed by atoms with van der Waals surface area (Å²) in [5, 5.41) is 5.13. The number of benzene rings is 1. The second-order valence-electron chi connectivity index (χ2n) is 17.9. The Labute approximate surface area is 292 Å². The lowest BCUT2D eigenvalue weighted by molar-refractivity contribution is 0.0589. The number of ether oxygens (including phenoxy) is 3. The van der Waals surface area contributed by atoms with Crippen molar-refractivity contribution in [3.63, 3.8) is 0 Å². The number of fused-ring (bicyclic) bond motifs is 3. The molecule has 272 valence electrons. The van der Waals surface area contributed by atoms with Gasteiger partial charge >= 0.3 is 6.09 Å². The zero-order valence-corrected chi connectivity index (χ0v) is 33.7. The summed E-state index contributed by atoms with van der Waals surface area (Å²) < 4.78 is 51.5. The van der Waals surface area contributed by atoms with E-state index in [-0.39, 0.29) is 28.9 Å². The minimum absolute atomic E-state index is 0.116. The maximum Gasteiger partial charge on any atom is 0.414 e. The van der Waals surface area contributed by atoms with Crippen molar-refractivity contribution in [3.05, 3.63) is 29.0 Å². The van der Waals surface area contributed by atoms with Gasteiger partial charge in [0, 0.05) is 58.9 Å². The molecule has 0 spiro atoms. The number of rotatable bonds is 13. The van der Waals surface area contributed by atoms with Crippen LogP contribution in [0.5, 0.6) is 0 Å². The van der Waals surface area contributed by atoms with Gasteiger partial charge in [-0.15, -0.1) is 0 Å². The van der Waals surface area contributed by atoms with E-state index in [1.807, 2.05) is 9.25 Å². The summed E-state index contributed by atoms with van der Waals surface area (Å²) in [5.41, 5.74) is 3.09. The smallest absolute Gasteiger partial charge is 0.414 e. The molecule has 2 aromatic heterocycles. The van der Waals surface area contributed by atoms with Crippen molar-refractivity contribution in [2.45, 2.75) is 124 Å². The first-order chi connectivity index (χ1) is 22.6. The van der Waals surface area contributed by atoms with Crippen LogP contribution < -0.4 is 4.90 Å². The van der Waals surface area contributed by atoms with E-state index in [9.17, 15) is 13.6 Å². The van der Waals surface area contributed by atoms with E-state index in [4.69, 9.17) is 24.3 Å². The number of nitrogens with zero attached hydrogens (tertiary/aromatic N) is 5. The quantitative estimate of drug-likeness (QED) is 0.130. The van der Waals surface area contributed by atoms with Gasteiger partial charge in [-0.05, 0) is 75.1 Å². The van der Waals surface area contributed by atoms with Crippen LogP contribution in [0.2, 0.25) is 51.4 Å². The second-order valence-corrected chi connectivity index (χ2v) is 29.1. The third-order valence-electron chi connectivity index (χ3n) is 10.3. The molecule has 0 radical (unpaired) electrons. The molecule has 9 nitrogen and oxygen atoms in total. The standard InChI is InChI=1S/C36H57F2N5O4Si2/c1-23-27-19-25-29(20-36(23,27)5)43(22-46-14-16-49(10,11)12)40-31(25)33-39-30-26(32(37)38)17-24(41(6)34(44)47-35(2,3)4)18-28(30)42(33)21-45-13-15-48(7,8)9/h17-18,23,27,32H,13-16,19-22H2,1-12H3/t23-,27+,36-/m0/s1. The average Bonchev–Trinajstić information content (AvgIpc) is 3.22. The first-order valence-electron chi connectivity index (χ1n) is 17.6. The molecule has 13 heteroatoms. The van der Waals surface area contributed by atoms with E-state index in [2.05, 4.69) is 53.1 Å². The highest BCUT2D eigenvalue weighted by Crippen LogP contribution is 2.64. The van der Waals surface area contributed by atoms with Crippen LogP contribution in [0.4, 0.5) is 19.3 Å². The Morgan fingerprint density at radius 1 is 1.06 bits per heavy atom. The van der Waals surface area contributed by atoms with Gasteiger partial charge in [-0.3, -0.25) is 9.47 Å². The summed E-state index contributed by atoms with van der Waals surface area (Å²) in [6.45, 7) is 25.5. The molecule has 1 saturated carbocycles. The third-order valence-corrected chi connectivity index (χ3v) is 13.7. The Morgan fingerprint density at radius 3 is 2.24 bits per heavy atom. The number of aromatic nitrogens is 4. The molecule has 1 amide bonds. The number of alkyl halides is 2. The van der Waals surface area contributed by atoms with E-state index >= 15 is 0 Å². The Bertz CT molecular complexity index is 1690. The van der Waals surface area contributed by atoms with Crippen LogP contribution in [-0.4, -0.2) is 67.4 Å². The number of carbonyl (C=O) groups excluding carboxylic acids is 1. The van der Waals surface area contributed by atoms with Gasteiger partial charge in [0.25, 0.3) is 6.43 Å². The van der Waals surface area contributed by atoms with Crippen molar-refractivity contribution in [3.8, 4) is 11.5 Å². The van der Waals surface area contributed by atoms with Crippen LogP contribution in [-0.2, 0) is 40.5 Å². The zero-order valence-electron chi connectivity index (χ0n) is 31.7. The molecule has 5 rings (SSSR count). The van der Waals surface area contributed by atoms with Gasteiger partial charge in [0.15, 0.2) is 5.82 Å². The Hall–Kier alpha value is -2.62. The lowest BCUT2D eigenvalue weighted by atomic mass is 9.87. The Kier molecular flexibility index (Phi) is 10.4. The first-order valence-corrected chi connectivity index (χ1v) is 25.0. The van der Waals surface area contributed by atoms with Crippen molar-refractivity contribution in [1.29, 1.82) is 0 Å². The average molecular weight is 718 g/mol. The molecule has 3 aromatic rings. The van der Waals surface area contributed by atoms with Crippen LogP contribution in [0.15, 0.2) is 12.1 Å². The highest BCUT2D eigenvalue weighted by molar-refractivity contribution is 6.76. The van der Waals surface area contributed by atoms with Crippen LogP contribution in [0.3, 0.4) is 0 Å². The molecule has 1 fully saturated rings. The molecule has 0 N–H and O–H groups in total.